The van der Waals surface area contributed by atoms with Gasteiger partial charge in [-0.3, -0.25) is 0 Å². The molecule has 3 heteroatoms. The highest BCUT2D eigenvalue weighted by Gasteiger charge is 2.08. The predicted octanol–water partition coefficient (Wildman–Crippen LogP) is 4.32. The maximum absolute atomic E-state index is 6.22. The second kappa shape index (κ2) is 5.80. The number of aryl methyl sites for hydroxylation is 1. The van der Waals surface area contributed by atoms with E-state index in [4.69, 9.17) is 5.73 Å². The van der Waals surface area contributed by atoms with Gasteiger partial charge in [-0.05, 0) is 36.2 Å². The van der Waals surface area contributed by atoms with E-state index in [2.05, 4.69) is 47.1 Å². The van der Waals surface area contributed by atoms with E-state index in [1.165, 1.54) is 15.3 Å². The van der Waals surface area contributed by atoms with Crippen LogP contribution in [0.3, 0.4) is 0 Å². The number of thiophene rings is 1. The van der Waals surface area contributed by atoms with Crippen LogP contribution in [0.5, 0.6) is 0 Å². The monoisotopic (exact) mass is 309 g/mol. The zero-order valence-corrected chi connectivity index (χ0v) is 12.2. The number of rotatable bonds is 4. The Labute approximate surface area is 115 Å². The molecule has 0 aliphatic heterocycles. The van der Waals surface area contributed by atoms with Crippen molar-refractivity contribution in [3.05, 3.63) is 56.2 Å². The van der Waals surface area contributed by atoms with Gasteiger partial charge in [0.15, 0.2) is 0 Å². The van der Waals surface area contributed by atoms with Gasteiger partial charge in [0.1, 0.15) is 0 Å². The topological polar surface area (TPSA) is 26.0 Å². The molecule has 2 rings (SSSR count). The third-order valence-corrected chi connectivity index (χ3v) is 4.57. The molecule has 0 fully saturated rings. The van der Waals surface area contributed by atoms with Gasteiger partial charge in [-0.25, -0.2) is 0 Å². The minimum absolute atomic E-state index is 0.0893. The summed E-state index contributed by atoms with van der Waals surface area (Å²) in [6.07, 6.45) is 2.03. The molecular weight excluding hydrogens is 294 g/mol. The summed E-state index contributed by atoms with van der Waals surface area (Å²) in [5.74, 6) is 0. The lowest BCUT2D eigenvalue weighted by Crippen LogP contribution is -2.12. The van der Waals surface area contributed by atoms with Gasteiger partial charge in [-0.2, -0.15) is 0 Å². The smallest absolute Gasteiger partial charge is 0.0343 e. The van der Waals surface area contributed by atoms with Crippen LogP contribution in [-0.4, -0.2) is 0 Å². The molecule has 0 bridgehead atoms. The van der Waals surface area contributed by atoms with E-state index in [-0.39, 0.29) is 6.04 Å². The summed E-state index contributed by atoms with van der Waals surface area (Å²) in [7, 11) is 0. The number of benzene rings is 1. The number of halogens is 1. The summed E-state index contributed by atoms with van der Waals surface area (Å²) >= 11 is 5.31. The molecule has 1 nitrogen and oxygen atoms in total. The van der Waals surface area contributed by atoms with Crippen molar-refractivity contribution in [3.63, 3.8) is 0 Å². The normalized spacial score (nSPS) is 12.6. The summed E-state index contributed by atoms with van der Waals surface area (Å²) in [6.45, 7) is 2.18. The summed E-state index contributed by atoms with van der Waals surface area (Å²) in [6, 6.07) is 12.7. The van der Waals surface area contributed by atoms with Crippen molar-refractivity contribution in [2.24, 2.45) is 5.73 Å². The van der Waals surface area contributed by atoms with Crippen LogP contribution in [0, 0.1) is 0 Å². The summed E-state index contributed by atoms with van der Waals surface area (Å²) in [5.41, 5.74) is 7.41. The molecule has 90 valence electrons. The molecule has 0 amide bonds. The van der Waals surface area contributed by atoms with Crippen molar-refractivity contribution in [2.45, 2.75) is 25.8 Å². The molecule has 0 radical (unpaired) electrons. The van der Waals surface area contributed by atoms with Crippen LogP contribution in [-0.2, 0) is 12.8 Å². The van der Waals surface area contributed by atoms with Crippen molar-refractivity contribution in [1.29, 1.82) is 0 Å². The number of nitrogens with two attached hydrogens (primary N) is 1. The van der Waals surface area contributed by atoms with E-state index in [0.717, 1.165) is 17.3 Å². The Morgan fingerprint density at radius 1 is 1.12 bits per heavy atom. The first kappa shape index (κ1) is 12.8. The average Bonchev–Trinajstić information content (AvgIpc) is 2.77. The van der Waals surface area contributed by atoms with E-state index in [0.29, 0.717) is 0 Å². The summed E-state index contributed by atoms with van der Waals surface area (Å²) < 4.78 is 1.10. The Kier molecular flexibility index (Phi) is 4.37. The molecule has 1 atom stereocenters. The molecule has 0 saturated carbocycles. The molecule has 0 aliphatic rings. The third-order valence-electron chi connectivity index (χ3n) is 2.79. The lowest BCUT2D eigenvalue weighted by Gasteiger charge is -2.10. The van der Waals surface area contributed by atoms with Gasteiger partial charge in [0.25, 0.3) is 0 Å². The second-order valence-electron chi connectivity index (χ2n) is 4.08. The first-order valence-corrected chi connectivity index (χ1v) is 7.38. The van der Waals surface area contributed by atoms with E-state index < -0.39 is 0 Å². The van der Waals surface area contributed by atoms with Crippen molar-refractivity contribution < 1.29 is 0 Å². The highest BCUT2D eigenvalue weighted by molar-refractivity contribution is 9.10. The largest absolute Gasteiger partial charge is 0.324 e. The van der Waals surface area contributed by atoms with Crippen LogP contribution in [0.25, 0.3) is 0 Å². The molecule has 1 aromatic carbocycles. The van der Waals surface area contributed by atoms with E-state index >= 15 is 0 Å². The van der Waals surface area contributed by atoms with E-state index in [9.17, 15) is 0 Å². The first-order valence-electron chi connectivity index (χ1n) is 5.77. The molecule has 2 N–H and O–H groups in total. The Morgan fingerprint density at radius 3 is 2.35 bits per heavy atom. The zero-order chi connectivity index (χ0) is 12.3. The van der Waals surface area contributed by atoms with Crippen molar-refractivity contribution in [3.8, 4) is 0 Å². The van der Waals surface area contributed by atoms with Gasteiger partial charge in [0.05, 0.1) is 0 Å². The van der Waals surface area contributed by atoms with Gasteiger partial charge >= 0.3 is 0 Å². The molecule has 0 spiro atoms. The van der Waals surface area contributed by atoms with E-state index in [1.807, 2.05) is 23.5 Å². The standard InChI is InChI=1S/C14H16BrNS/c1-2-12-7-8-13(17-12)9-14(16)10-3-5-11(15)6-4-10/h3-8,14H,2,9,16H2,1H3. The minimum atomic E-state index is 0.0893. The predicted molar refractivity (Wildman–Crippen MR) is 78.5 cm³/mol. The SMILES string of the molecule is CCc1ccc(CC(N)c2ccc(Br)cc2)s1. The lowest BCUT2D eigenvalue weighted by molar-refractivity contribution is 0.730. The third kappa shape index (κ3) is 3.41. The lowest BCUT2D eigenvalue weighted by atomic mass is 10.0. The van der Waals surface area contributed by atoms with Crippen LogP contribution >= 0.6 is 27.3 Å². The van der Waals surface area contributed by atoms with Gasteiger partial charge in [0, 0.05) is 26.7 Å². The van der Waals surface area contributed by atoms with Gasteiger partial charge in [0.2, 0.25) is 0 Å². The minimum Gasteiger partial charge on any atom is -0.324 e. The highest BCUT2D eigenvalue weighted by Crippen LogP contribution is 2.23. The van der Waals surface area contributed by atoms with Crippen LogP contribution in [0.1, 0.15) is 28.3 Å². The quantitative estimate of drug-likeness (QED) is 0.894. The summed E-state index contributed by atoms with van der Waals surface area (Å²) in [4.78, 5) is 2.81. The zero-order valence-electron chi connectivity index (χ0n) is 9.82. The van der Waals surface area contributed by atoms with Crippen LogP contribution in [0.4, 0.5) is 0 Å². The number of hydrogen-bond acceptors (Lipinski definition) is 2. The van der Waals surface area contributed by atoms with Gasteiger partial charge < -0.3 is 5.73 Å². The molecule has 1 unspecified atom stereocenters. The Bertz CT molecular complexity index is 475. The van der Waals surface area contributed by atoms with Crippen molar-refractivity contribution >= 4 is 27.3 Å². The maximum Gasteiger partial charge on any atom is 0.0343 e. The molecule has 17 heavy (non-hydrogen) atoms. The van der Waals surface area contributed by atoms with Gasteiger partial charge in [-0.1, -0.05) is 35.0 Å². The van der Waals surface area contributed by atoms with Crippen LogP contribution in [0.15, 0.2) is 40.9 Å². The first-order chi connectivity index (χ1) is 8.19. The Hall–Kier alpha value is -0.640. The number of hydrogen-bond donors (Lipinski definition) is 1. The fourth-order valence-electron chi connectivity index (χ4n) is 1.77. The van der Waals surface area contributed by atoms with Gasteiger partial charge in [-0.15, -0.1) is 11.3 Å². The Morgan fingerprint density at radius 2 is 1.76 bits per heavy atom. The molecular formula is C14H16BrNS. The average molecular weight is 310 g/mol. The molecule has 0 saturated heterocycles. The van der Waals surface area contributed by atoms with Crippen molar-refractivity contribution in [2.75, 3.05) is 0 Å². The van der Waals surface area contributed by atoms with E-state index in [1.54, 1.807) is 0 Å². The molecule has 0 aliphatic carbocycles. The van der Waals surface area contributed by atoms with Crippen LogP contribution in [0.2, 0.25) is 0 Å². The maximum atomic E-state index is 6.22. The Balaban J connectivity index is 2.05. The van der Waals surface area contributed by atoms with Crippen molar-refractivity contribution in [1.82, 2.24) is 0 Å². The summed E-state index contributed by atoms with van der Waals surface area (Å²) in [5, 5.41) is 0. The fourth-order valence-corrected chi connectivity index (χ4v) is 3.05. The van der Waals surface area contributed by atoms with Crippen LogP contribution < -0.4 is 5.73 Å². The fraction of sp³-hybridized carbons (Fsp3) is 0.286. The highest BCUT2D eigenvalue weighted by atomic mass is 79.9. The molecule has 1 aromatic heterocycles. The molecule has 2 aromatic rings. The molecule has 1 heterocycles. The second-order valence-corrected chi connectivity index (χ2v) is 6.25.